The van der Waals surface area contributed by atoms with Gasteiger partial charge in [0.25, 0.3) is 0 Å². The Morgan fingerprint density at radius 3 is 2.43 bits per heavy atom. The molecule has 21 heavy (non-hydrogen) atoms. The van der Waals surface area contributed by atoms with Crippen LogP contribution in [-0.2, 0) is 4.79 Å². The maximum absolute atomic E-state index is 12.8. The number of amides is 2. The van der Waals surface area contributed by atoms with Crippen molar-refractivity contribution in [2.45, 2.75) is 64.1 Å². The van der Waals surface area contributed by atoms with E-state index in [2.05, 4.69) is 13.8 Å². The van der Waals surface area contributed by atoms with Gasteiger partial charge in [-0.15, -0.1) is 0 Å². The summed E-state index contributed by atoms with van der Waals surface area (Å²) in [5.41, 5.74) is 0. The molecule has 1 aliphatic carbocycles. The molecule has 6 nitrogen and oxygen atoms in total. The molecule has 1 heterocycles. The molecule has 2 N–H and O–H groups in total. The molecule has 0 bridgehead atoms. The number of likely N-dealkylation sites (tertiary alicyclic amines) is 1. The van der Waals surface area contributed by atoms with Crippen molar-refractivity contribution in [3.63, 3.8) is 0 Å². The monoisotopic (exact) mass is 298 g/mol. The van der Waals surface area contributed by atoms with Crippen molar-refractivity contribution in [2.24, 2.45) is 5.92 Å². The second-order valence-corrected chi connectivity index (χ2v) is 6.66. The molecular formula is C15H26N2O4. The van der Waals surface area contributed by atoms with Crippen LogP contribution in [-0.4, -0.2) is 63.3 Å². The Balaban J connectivity index is 2.14. The summed E-state index contributed by atoms with van der Waals surface area (Å²) < 4.78 is 0. The van der Waals surface area contributed by atoms with E-state index in [1.165, 1.54) is 4.90 Å². The number of carbonyl (C=O) groups excluding carboxylic acids is 1. The second-order valence-electron chi connectivity index (χ2n) is 6.66. The fraction of sp³-hybridized carbons (Fsp3) is 0.867. The summed E-state index contributed by atoms with van der Waals surface area (Å²) in [6, 6.07) is -0.907. The van der Waals surface area contributed by atoms with Crippen LogP contribution in [0.4, 0.5) is 4.79 Å². The molecule has 0 aromatic rings. The molecule has 1 aliphatic heterocycles. The Morgan fingerprint density at radius 2 is 1.90 bits per heavy atom. The third-order valence-electron chi connectivity index (χ3n) is 4.38. The highest BCUT2D eigenvalue weighted by atomic mass is 16.4. The predicted molar refractivity (Wildman–Crippen MR) is 77.9 cm³/mol. The number of aliphatic carboxylic acids is 1. The van der Waals surface area contributed by atoms with Crippen LogP contribution in [0, 0.1) is 5.92 Å². The van der Waals surface area contributed by atoms with Crippen LogP contribution in [0.25, 0.3) is 0 Å². The molecular weight excluding hydrogens is 272 g/mol. The number of urea groups is 1. The number of aliphatic hydroxyl groups is 1. The molecule has 0 aromatic heterocycles. The molecule has 2 amide bonds. The normalized spacial score (nSPS) is 26.6. The van der Waals surface area contributed by atoms with Crippen LogP contribution in [0.1, 0.15) is 46.0 Å². The molecule has 0 radical (unpaired) electrons. The van der Waals surface area contributed by atoms with Crippen molar-refractivity contribution in [3.05, 3.63) is 0 Å². The van der Waals surface area contributed by atoms with E-state index in [-0.39, 0.29) is 25.0 Å². The number of carboxylic acids is 1. The van der Waals surface area contributed by atoms with Crippen LogP contribution < -0.4 is 0 Å². The number of carboxylic acid groups (broad SMARTS) is 1. The van der Waals surface area contributed by atoms with E-state index in [1.54, 1.807) is 0 Å². The molecule has 0 spiro atoms. The molecule has 6 heteroatoms. The fourth-order valence-electron chi connectivity index (χ4n) is 3.42. The van der Waals surface area contributed by atoms with E-state index < -0.39 is 18.1 Å². The Morgan fingerprint density at radius 1 is 1.29 bits per heavy atom. The van der Waals surface area contributed by atoms with E-state index >= 15 is 0 Å². The quantitative estimate of drug-likeness (QED) is 0.824. The average Bonchev–Trinajstić information content (AvgIpc) is 3.03. The highest BCUT2D eigenvalue weighted by Gasteiger charge is 2.42. The first-order valence-electron chi connectivity index (χ1n) is 7.88. The van der Waals surface area contributed by atoms with Gasteiger partial charge in [-0.3, -0.25) is 0 Å². The van der Waals surface area contributed by atoms with Crippen molar-refractivity contribution < 1.29 is 19.8 Å². The van der Waals surface area contributed by atoms with Gasteiger partial charge in [-0.2, -0.15) is 0 Å². The third kappa shape index (κ3) is 3.67. The highest BCUT2D eigenvalue weighted by Crippen LogP contribution is 2.28. The Labute approximate surface area is 125 Å². The van der Waals surface area contributed by atoms with Crippen molar-refractivity contribution in [2.75, 3.05) is 13.1 Å². The van der Waals surface area contributed by atoms with Gasteiger partial charge in [-0.1, -0.05) is 26.7 Å². The van der Waals surface area contributed by atoms with Crippen LogP contribution in [0.2, 0.25) is 0 Å². The van der Waals surface area contributed by atoms with Crippen molar-refractivity contribution >= 4 is 12.0 Å². The van der Waals surface area contributed by atoms with E-state index in [9.17, 15) is 19.8 Å². The van der Waals surface area contributed by atoms with Gasteiger partial charge >= 0.3 is 12.0 Å². The lowest BCUT2D eigenvalue weighted by molar-refractivity contribution is -0.141. The molecule has 2 aliphatic rings. The number of hydrogen-bond acceptors (Lipinski definition) is 3. The first-order chi connectivity index (χ1) is 9.90. The van der Waals surface area contributed by atoms with E-state index in [1.807, 2.05) is 4.90 Å². The number of carbonyl (C=O) groups is 2. The van der Waals surface area contributed by atoms with Crippen LogP contribution in [0.3, 0.4) is 0 Å². The van der Waals surface area contributed by atoms with Crippen LogP contribution >= 0.6 is 0 Å². The topological polar surface area (TPSA) is 81.1 Å². The lowest BCUT2D eigenvalue weighted by Gasteiger charge is -2.35. The maximum Gasteiger partial charge on any atom is 0.326 e. The molecule has 2 fully saturated rings. The zero-order valence-corrected chi connectivity index (χ0v) is 12.9. The smallest absolute Gasteiger partial charge is 0.326 e. The van der Waals surface area contributed by atoms with Gasteiger partial charge in [0, 0.05) is 25.6 Å². The molecule has 1 saturated heterocycles. The van der Waals surface area contributed by atoms with Crippen molar-refractivity contribution in [1.82, 2.24) is 9.80 Å². The summed E-state index contributed by atoms with van der Waals surface area (Å²) in [7, 11) is 0. The maximum atomic E-state index is 12.8. The number of β-amino-alcohol motifs (C(OH)–C–C–N with tert-alkyl or cyclic N) is 1. The number of hydrogen-bond donors (Lipinski definition) is 2. The zero-order valence-electron chi connectivity index (χ0n) is 12.9. The summed E-state index contributed by atoms with van der Waals surface area (Å²) in [4.78, 5) is 27.3. The van der Waals surface area contributed by atoms with Gasteiger partial charge in [0.05, 0.1) is 6.10 Å². The van der Waals surface area contributed by atoms with E-state index in [0.717, 1.165) is 25.7 Å². The highest BCUT2D eigenvalue weighted by molar-refractivity contribution is 5.83. The molecule has 2 unspecified atom stereocenters. The number of nitrogens with zero attached hydrogens (tertiary/aromatic N) is 2. The lowest BCUT2D eigenvalue weighted by atomic mass is 10.1. The Kier molecular flexibility index (Phi) is 5.08. The minimum atomic E-state index is -1.03. The summed E-state index contributed by atoms with van der Waals surface area (Å²) >= 11 is 0. The molecule has 2 atom stereocenters. The largest absolute Gasteiger partial charge is 0.480 e. The van der Waals surface area contributed by atoms with E-state index in [4.69, 9.17) is 0 Å². The van der Waals surface area contributed by atoms with Gasteiger partial charge < -0.3 is 20.0 Å². The zero-order chi connectivity index (χ0) is 15.6. The Bertz CT molecular complexity index is 393. The first kappa shape index (κ1) is 16.1. The molecule has 0 aromatic carbocycles. The molecule has 120 valence electrons. The third-order valence-corrected chi connectivity index (χ3v) is 4.38. The second kappa shape index (κ2) is 6.64. The van der Waals surface area contributed by atoms with Gasteiger partial charge in [0.2, 0.25) is 0 Å². The minimum Gasteiger partial charge on any atom is -0.480 e. The van der Waals surface area contributed by atoms with E-state index in [0.29, 0.717) is 12.5 Å². The van der Waals surface area contributed by atoms with Gasteiger partial charge in [0.15, 0.2) is 0 Å². The molecule has 1 saturated carbocycles. The Hall–Kier alpha value is -1.30. The van der Waals surface area contributed by atoms with Gasteiger partial charge in [-0.05, 0) is 18.8 Å². The summed E-state index contributed by atoms with van der Waals surface area (Å²) in [6.07, 6.45) is 3.62. The van der Waals surface area contributed by atoms with Crippen molar-refractivity contribution in [3.8, 4) is 0 Å². The SMILES string of the molecule is CC(C)CN(C(=O)N1CC(O)CC1C(=O)O)C1CCCC1. The van der Waals surface area contributed by atoms with Crippen molar-refractivity contribution in [1.29, 1.82) is 0 Å². The van der Waals surface area contributed by atoms with Gasteiger partial charge in [-0.25, -0.2) is 9.59 Å². The number of rotatable bonds is 4. The molecule has 2 rings (SSSR count). The average molecular weight is 298 g/mol. The predicted octanol–water partition coefficient (Wildman–Crippen LogP) is 1.53. The van der Waals surface area contributed by atoms with Crippen LogP contribution in [0.15, 0.2) is 0 Å². The fourth-order valence-corrected chi connectivity index (χ4v) is 3.42. The van der Waals surface area contributed by atoms with Crippen LogP contribution in [0.5, 0.6) is 0 Å². The van der Waals surface area contributed by atoms with Gasteiger partial charge in [0.1, 0.15) is 6.04 Å². The standard InChI is InChI=1S/C15H26N2O4/c1-10(2)8-16(11-5-3-4-6-11)15(21)17-9-12(18)7-13(17)14(19)20/h10-13,18H,3-9H2,1-2H3,(H,19,20). The summed E-state index contributed by atoms with van der Waals surface area (Å²) in [6.45, 7) is 4.88. The summed E-state index contributed by atoms with van der Waals surface area (Å²) in [5, 5.41) is 19.0. The summed E-state index contributed by atoms with van der Waals surface area (Å²) in [5.74, 6) is -0.693. The lowest BCUT2D eigenvalue weighted by Crippen LogP contribution is -2.52. The number of aliphatic hydroxyl groups excluding tert-OH is 1. The first-order valence-corrected chi connectivity index (χ1v) is 7.88. The minimum absolute atomic E-state index is 0.122.